The van der Waals surface area contributed by atoms with Crippen molar-refractivity contribution < 1.29 is 9.90 Å². The molecule has 3 heteroatoms. The highest BCUT2D eigenvalue weighted by Crippen LogP contribution is 2.37. The van der Waals surface area contributed by atoms with E-state index in [-0.39, 0.29) is 24.2 Å². The average molecular weight is 351 g/mol. The van der Waals surface area contributed by atoms with Gasteiger partial charge in [0.05, 0.1) is 0 Å². The second kappa shape index (κ2) is 8.61. The molecule has 1 aliphatic heterocycles. The number of hydrogen-bond acceptors (Lipinski definition) is 3. The third kappa shape index (κ3) is 4.05. The number of hydrogen-bond donors (Lipinski definition) is 1. The summed E-state index contributed by atoms with van der Waals surface area (Å²) < 4.78 is 0. The maximum absolute atomic E-state index is 13.3. The van der Waals surface area contributed by atoms with Crippen LogP contribution in [0, 0.1) is 19.8 Å². The maximum Gasteiger partial charge on any atom is 0.167 e. The summed E-state index contributed by atoms with van der Waals surface area (Å²) in [6, 6.07) is 16.1. The molecular weight excluding hydrogens is 322 g/mol. The van der Waals surface area contributed by atoms with E-state index in [1.54, 1.807) is 0 Å². The van der Waals surface area contributed by atoms with Crippen LogP contribution in [0.4, 0.5) is 0 Å². The molecule has 0 amide bonds. The molecule has 3 rings (SSSR count). The van der Waals surface area contributed by atoms with E-state index < -0.39 is 0 Å². The van der Waals surface area contributed by atoms with E-state index in [2.05, 4.69) is 36.9 Å². The topological polar surface area (TPSA) is 40.5 Å². The van der Waals surface area contributed by atoms with Gasteiger partial charge < -0.3 is 10.0 Å². The average Bonchev–Trinajstić information content (AvgIpc) is 2.68. The monoisotopic (exact) mass is 351 g/mol. The van der Waals surface area contributed by atoms with Crippen molar-refractivity contribution in [2.75, 3.05) is 26.2 Å². The molecule has 26 heavy (non-hydrogen) atoms. The zero-order valence-electron chi connectivity index (χ0n) is 15.8. The number of aryl methyl sites for hydroxylation is 1. The van der Waals surface area contributed by atoms with Crippen LogP contribution in [0.1, 0.15) is 45.8 Å². The molecule has 0 aliphatic carbocycles. The van der Waals surface area contributed by atoms with Crippen LogP contribution in [-0.2, 0) is 0 Å². The van der Waals surface area contributed by atoms with Gasteiger partial charge in [-0.1, -0.05) is 48.5 Å². The Labute approximate surface area is 156 Å². The maximum atomic E-state index is 13.3. The molecular formula is C23H29NO2. The molecule has 0 bridgehead atoms. The zero-order valence-corrected chi connectivity index (χ0v) is 15.8. The van der Waals surface area contributed by atoms with Gasteiger partial charge in [0.2, 0.25) is 0 Å². The summed E-state index contributed by atoms with van der Waals surface area (Å²) in [5.41, 5.74) is 4.72. The van der Waals surface area contributed by atoms with E-state index >= 15 is 0 Å². The van der Waals surface area contributed by atoms with Gasteiger partial charge in [0.1, 0.15) is 0 Å². The Kier molecular flexibility index (Phi) is 6.23. The minimum atomic E-state index is -0.0367. The molecule has 1 aliphatic rings. The number of carbonyl (C=O) groups is 1. The molecule has 138 valence electrons. The van der Waals surface area contributed by atoms with Crippen LogP contribution in [0.3, 0.4) is 0 Å². The van der Waals surface area contributed by atoms with Crippen molar-refractivity contribution in [2.45, 2.75) is 32.6 Å². The van der Waals surface area contributed by atoms with E-state index in [1.165, 1.54) is 16.7 Å². The minimum Gasteiger partial charge on any atom is -0.396 e. The number of carbonyl (C=O) groups excluding carboxylic acids is 1. The molecule has 0 saturated carbocycles. The van der Waals surface area contributed by atoms with Gasteiger partial charge in [0.15, 0.2) is 5.78 Å². The van der Waals surface area contributed by atoms with E-state index in [9.17, 15) is 4.79 Å². The van der Waals surface area contributed by atoms with E-state index in [0.29, 0.717) is 0 Å². The number of benzene rings is 2. The second-order valence-corrected chi connectivity index (χ2v) is 7.40. The fourth-order valence-electron chi connectivity index (χ4n) is 4.15. The first-order chi connectivity index (χ1) is 12.6. The quantitative estimate of drug-likeness (QED) is 0.801. The summed E-state index contributed by atoms with van der Waals surface area (Å²) >= 11 is 0. The van der Waals surface area contributed by atoms with E-state index in [1.807, 2.05) is 30.3 Å². The number of aliphatic hydroxyl groups excluding tert-OH is 1. The van der Waals surface area contributed by atoms with Gasteiger partial charge in [-0.15, -0.1) is 0 Å². The smallest absolute Gasteiger partial charge is 0.167 e. The van der Waals surface area contributed by atoms with Crippen LogP contribution in [0.25, 0.3) is 0 Å². The summed E-state index contributed by atoms with van der Waals surface area (Å²) in [5.74, 6) is 0.462. The van der Waals surface area contributed by atoms with Crippen molar-refractivity contribution in [1.82, 2.24) is 4.90 Å². The summed E-state index contributed by atoms with van der Waals surface area (Å²) in [4.78, 5) is 15.7. The molecule has 1 heterocycles. The normalized spacial score (nSPS) is 20.9. The number of piperidine rings is 1. The van der Waals surface area contributed by atoms with Crippen LogP contribution in [0.2, 0.25) is 0 Å². The van der Waals surface area contributed by atoms with Gasteiger partial charge in [-0.3, -0.25) is 4.79 Å². The lowest BCUT2D eigenvalue weighted by Gasteiger charge is -2.39. The molecule has 2 aromatic carbocycles. The lowest BCUT2D eigenvalue weighted by molar-refractivity contribution is 0.0769. The van der Waals surface area contributed by atoms with Gasteiger partial charge in [0, 0.05) is 31.2 Å². The predicted octanol–water partition coefficient (Wildman–Crippen LogP) is 3.97. The molecule has 1 fully saturated rings. The molecule has 0 unspecified atom stereocenters. The number of aliphatic hydroxyl groups is 1. The third-order valence-corrected chi connectivity index (χ3v) is 5.77. The summed E-state index contributed by atoms with van der Waals surface area (Å²) in [7, 11) is 0. The second-order valence-electron chi connectivity index (χ2n) is 7.40. The third-order valence-electron chi connectivity index (χ3n) is 5.77. The van der Waals surface area contributed by atoms with E-state index in [4.69, 9.17) is 5.11 Å². The first kappa shape index (κ1) is 18.8. The fourth-order valence-corrected chi connectivity index (χ4v) is 4.15. The van der Waals surface area contributed by atoms with Gasteiger partial charge in [-0.25, -0.2) is 0 Å². The predicted molar refractivity (Wildman–Crippen MR) is 106 cm³/mol. The highest BCUT2D eigenvalue weighted by atomic mass is 16.3. The van der Waals surface area contributed by atoms with Crippen LogP contribution < -0.4 is 0 Å². The van der Waals surface area contributed by atoms with Crippen molar-refractivity contribution in [1.29, 1.82) is 0 Å². The SMILES string of the molecule is Cc1cccc([C@H]2CCN(CCCO)C[C@H]2C(=O)c2ccccc2)c1C. The summed E-state index contributed by atoms with van der Waals surface area (Å²) in [6.07, 6.45) is 1.75. The summed E-state index contributed by atoms with van der Waals surface area (Å²) in [6.45, 7) is 7.13. The van der Waals surface area contributed by atoms with E-state index in [0.717, 1.165) is 38.0 Å². The van der Waals surface area contributed by atoms with Crippen molar-refractivity contribution in [3.63, 3.8) is 0 Å². The molecule has 0 aromatic heterocycles. The van der Waals surface area contributed by atoms with Gasteiger partial charge in [0.25, 0.3) is 0 Å². The largest absolute Gasteiger partial charge is 0.396 e. The van der Waals surface area contributed by atoms with Crippen LogP contribution in [0.5, 0.6) is 0 Å². The lowest BCUT2D eigenvalue weighted by atomic mass is 9.75. The number of ketones is 1. The molecule has 1 N–H and O–H groups in total. The number of Topliss-reactive ketones (excluding diaryl/α,β-unsaturated/α-hetero) is 1. The van der Waals surface area contributed by atoms with Crippen molar-refractivity contribution in [2.24, 2.45) is 5.92 Å². The fraction of sp³-hybridized carbons (Fsp3) is 0.435. The minimum absolute atomic E-state index is 0.0367. The number of likely N-dealkylation sites (tertiary alicyclic amines) is 1. The molecule has 3 nitrogen and oxygen atoms in total. The Morgan fingerprint density at radius 3 is 2.62 bits per heavy atom. The molecule has 0 spiro atoms. The molecule has 2 aromatic rings. The number of rotatable bonds is 6. The Balaban J connectivity index is 1.91. The van der Waals surface area contributed by atoms with Crippen molar-refractivity contribution >= 4 is 5.78 Å². The standard InChI is InChI=1S/C23H29NO2/c1-17-8-6-11-20(18(17)2)21-12-14-24(13-7-15-25)16-22(21)23(26)19-9-4-3-5-10-19/h3-6,8-11,21-22,25H,7,12-16H2,1-2H3/t21-,22-/m1/s1. The molecule has 1 saturated heterocycles. The van der Waals surface area contributed by atoms with Crippen molar-refractivity contribution in [3.05, 3.63) is 70.8 Å². The van der Waals surface area contributed by atoms with Gasteiger partial charge in [-0.2, -0.15) is 0 Å². The first-order valence-corrected chi connectivity index (χ1v) is 9.60. The number of nitrogens with zero attached hydrogens (tertiary/aromatic N) is 1. The Morgan fingerprint density at radius 1 is 1.12 bits per heavy atom. The Hall–Kier alpha value is -1.97. The Morgan fingerprint density at radius 2 is 1.88 bits per heavy atom. The van der Waals surface area contributed by atoms with Crippen molar-refractivity contribution in [3.8, 4) is 0 Å². The first-order valence-electron chi connectivity index (χ1n) is 9.60. The summed E-state index contributed by atoms with van der Waals surface area (Å²) in [5, 5.41) is 9.15. The zero-order chi connectivity index (χ0) is 18.5. The molecule has 2 atom stereocenters. The van der Waals surface area contributed by atoms with Crippen LogP contribution in [-0.4, -0.2) is 42.0 Å². The van der Waals surface area contributed by atoms with Crippen LogP contribution >= 0.6 is 0 Å². The highest BCUT2D eigenvalue weighted by molar-refractivity contribution is 5.98. The van der Waals surface area contributed by atoms with Gasteiger partial charge in [-0.05, 0) is 55.8 Å². The molecule has 0 radical (unpaired) electrons. The lowest BCUT2D eigenvalue weighted by Crippen LogP contribution is -2.43. The van der Waals surface area contributed by atoms with Crippen LogP contribution in [0.15, 0.2) is 48.5 Å². The highest BCUT2D eigenvalue weighted by Gasteiger charge is 2.36. The Bertz CT molecular complexity index is 741. The van der Waals surface area contributed by atoms with Gasteiger partial charge >= 0.3 is 0 Å².